The molecule has 3 aromatic rings. The molecule has 1 atom stereocenters. The molecule has 6 nitrogen and oxygen atoms in total. The van der Waals surface area contributed by atoms with Crippen molar-refractivity contribution in [1.29, 1.82) is 5.26 Å². The number of benzene rings is 3. The minimum atomic E-state index is -0.681. The summed E-state index contributed by atoms with van der Waals surface area (Å²) in [6.07, 6.45) is 1.78. The van der Waals surface area contributed by atoms with E-state index in [1.165, 1.54) is 0 Å². The van der Waals surface area contributed by atoms with Gasteiger partial charge in [0.05, 0.1) is 6.61 Å². The van der Waals surface area contributed by atoms with E-state index in [4.69, 9.17) is 14.2 Å². The maximum Gasteiger partial charge on any atom is 0.354 e. The third kappa shape index (κ3) is 6.62. The SMILES string of the molecule is CCN(CC)c1ccc(C=C(C#N)C(=O)Oc2ccc(C(C)(C)c3ccc(OCC4CO4)cc3)cc2)cc1. The minimum absolute atomic E-state index is 0.0550. The zero-order valence-corrected chi connectivity index (χ0v) is 22.4. The number of ether oxygens (including phenoxy) is 3. The van der Waals surface area contributed by atoms with E-state index in [9.17, 15) is 10.1 Å². The molecule has 1 fully saturated rings. The molecule has 1 aliphatic heterocycles. The number of rotatable bonds is 11. The van der Waals surface area contributed by atoms with E-state index >= 15 is 0 Å². The van der Waals surface area contributed by atoms with E-state index in [-0.39, 0.29) is 17.1 Å². The third-order valence-corrected chi connectivity index (χ3v) is 6.87. The second kappa shape index (κ2) is 12.0. The topological polar surface area (TPSA) is 75.1 Å². The first-order chi connectivity index (χ1) is 18.3. The standard InChI is InChI=1S/C32H34N2O4/c1-5-34(6-2)27-13-7-23(8-14-27)19-24(20-33)31(35)38-29-17-11-26(12-18-29)32(3,4)25-9-15-28(16-10-25)36-21-30-22-37-30/h7-19,30H,5-6,21-22H2,1-4H3. The largest absolute Gasteiger partial charge is 0.491 e. The van der Waals surface area contributed by atoms with Gasteiger partial charge in [-0.3, -0.25) is 0 Å². The zero-order chi connectivity index (χ0) is 27.1. The average Bonchev–Trinajstić information content (AvgIpc) is 3.77. The molecule has 0 amide bonds. The average molecular weight is 511 g/mol. The maximum atomic E-state index is 12.7. The Bertz CT molecular complexity index is 1300. The van der Waals surface area contributed by atoms with Crippen LogP contribution in [0.3, 0.4) is 0 Å². The number of carbonyl (C=O) groups excluding carboxylic acids is 1. The molecule has 196 valence electrons. The van der Waals surface area contributed by atoms with Crippen molar-refractivity contribution in [2.24, 2.45) is 0 Å². The maximum absolute atomic E-state index is 12.7. The Morgan fingerprint density at radius 2 is 1.53 bits per heavy atom. The van der Waals surface area contributed by atoms with E-state index in [0.717, 1.165) is 47.8 Å². The Hall–Kier alpha value is -4.08. The summed E-state index contributed by atoms with van der Waals surface area (Å²) in [7, 11) is 0. The van der Waals surface area contributed by atoms with Crippen LogP contribution in [0.2, 0.25) is 0 Å². The summed E-state index contributed by atoms with van der Waals surface area (Å²) in [5.41, 5.74) is 3.75. The number of nitrogens with zero attached hydrogens (tertiary/aromatic N) is 2. The van der Waals surface area contributed by atoms with Gasteiger partial charge in [-0.2, -0.15) is 5.26 Å². The Morgan fingerprint density at radius 3 is 2.03 bits per heavy atom. The molecule has 1 aliphatic rings. The highest BCUT2D eigenvalue weighted by atomic mass is 16.6. The second-order valence-corrected chi connectivity index (χ2v) is 9.76. The zero-order valence-electron chi connectivity index (χ0n) is 22.4. The normalized spacial score (nSPS) is 14.9. The van der Waals surface area contributed by atoms with Crippen molar-refractivity contribution >= 4 is 17.7 Å². The molecule has 0 bridgehead atoms. The lowest BCUT2D eigenvalue weighted by atomic mass is 9.78. The first-order valence-electron chi connectivity index (χ1n) is 13.0. The lowest BCUT2D eigenvalue weighted by Gasteiger charge is -2.26. The highest BCUT2D eigenvalue weighted by Gasteiger charge is 2.25. The monoisotopic (exact) mass is 510 g/mol. The number of hydrogen-bond acceptors (Lipinski definition) is 6. The van der Waals surface area contributed by atoms with Crippen LogP contribution < -0.4 is 14.4 Å². The second-order valence-electron chi connectivity index (χ2n) is 9.76. The fraction of sp³-hybridized carbons (Fsp3) is 0.312. The number of anilines is 1. The van der Waals surface area contributed by atoms with Crippen molar-refractivity contribution < 1.29 is 19.0 Å². The number of nitriles is 1. The Balaban J connectivity index is 1.40. The first kappa shape index (κ1) is 27.0. The molecule has 4 rings (SSSR count). The molecule has 0 aromatic heterocycles. The summed E-state index contributed by atoms with van der Waals surface area (Å²) in [4.78, 5) is 14.9. The van der Waals surface area contributed by atoms with Crippen LogP contribution in [0, 0.1) is 11.3 Å². The molecule has 0 spiro atoms. The van der Waals surface area contributed by atoms with E-state index in [2.05, 4.69) is 44.7 Å². The molecule has 1 saturated heterocycles. The lowest BCUT2D eigenvalue weighted by Crippen LogP contribution is -2.21. The predicted octanol–water partition coefficient (Wildman–Crippen LogP) is 6.15. The molecular weight excluding hydrogens is 476 g/mol. The van der Waals surface area contributed by atoms with E-state index in [1.54, 1.807) is 18.2 Å². The van der Waals surface area contributed by atoms with E-state index in [0.29, 0.717) is 12.4 Å². The van der Waals surface area contributed by atoms with Gasteiger partial charge in [0.2, 0.25) is 0 Å². The summed E-state index contributed by atoms with van der Waals surface area (Å²) in [6.45, 7) is 11.7. The number of epoxide rings is 1. The van der Waals surface area contributed by atoms with Crippen LogP contribution in [0.1, 0.15) is 44.4 Å². The van der Waals surface area contributed by atoms with Crippen LogP contribution in [-0.2, 0) is 14.9 Å². The molecule has 1 heterocycles. The van der Waals surface area contributed by atoms with Crippen LogP contribution in [-0.4, -0.2) is 38.4 Å². The highest BCUT2D eigenvalue weighted by molar-refractivity contribution is 5.99. The number of esters is 1. The van der Waals surface area contributed by atoms with Gasteiger partial charge in [-0.25, -0.2) is 4.79 Å². The van der Waals surface area contributed by atoms with Crippen molar-refractivity contribution in [3.8, 4) is 17.6 Å². The Kier molecular flexibility index (Phi) is 8.50. The Labute approximate surface area is 225 Å². The van der Waals surface area contributed by atoms with E-state index in [1.807, 2.05) is 54.6 Å². The van der Waals surface area contributed by atoms with Gasteiger partial charge in [0.25, 0.3) is 0 Å². The summed E-state index contributed by atoms with van der Waals surface area (Å²) in [6, 6.07) is 25.2. The van der Waals surface area contributed by atoms with Crippen molar-refractivity contribution in [1.82, 2.24) is 0 Å². The van der Waals surface area contributed by atoms with Gasteiger partial charge in [0.1, 0.15) is 35.9 Å². The predicted molar refractivity (Wildman–Crippen MR) is 149 cm³/mol. The third-order valence-electron chi connectivity index (χ3n) is 6.87. The van der Waals surface area contributed by atoms with Crippen LogP contribution in [0.25, 0.3) is 6.08 Å². The van der Waals surface area contributed by atoms with Crippen molar-refractivity contribution in [2.75, 3.05) is 31.2 Å². The molecule has 0 aliphatic carbocycles. The van der Waals surface area contributed by atoms with Gasteiger partial charge in [0.15, 0.2) is 0 Å². The van der Waals surface area contributed by atoms with Gasteiger partial charge < -0.3 is 19.1 Å². The van der Waals surface area contributed by atoms with Crippen LogP contribution in [0.15, 0.2) is 78.4 Å². The van der Waals surface area contributed by atoms with Gasteiger partial charge in [-0.1, -0.05) is 50.2 Å². The number of carbonyl (C=O) groups is 1. The van der Waals surface area contributed by atoms with Crippen LogP contribution in [0.4, 0.5) is 5.69 Å². The molecule has 0 radical (unpaired) electrons. The van der Waals surface area contributed by atoms with Crippen LogP contribution >= 0.6 is 0 Å². The Morgan fingerprint density at radius 1 is 0.974 bits per heavy atom. The fourth-order valence-corrected chi connectivity index (χ4v) is 4.26. The molecule has 0 saturated carbocycles. The summed E-state index contributed by atoms with van der Waals surface area (Å²) < 4.78 is 16.4. The van der Waals surface area contributed by atoms with Gasteiger partial charge >= 0.3 is 5.97 Å². The summed E-state index contributed by atoms with van der Waals surface area (Å²) >= 11 is 0. The molecule has 1 unspecified atom stereocenters. The molecule has 3 aromatic carbocycles. The van der Waals surface area contributed by atoms with Crippen molar-refractivity contribution in [3.05, 3.63) is 95.1 Å². The van der Waals surface area contributed by atoms with E-state index < -0.39 is 5.97 Å². The summed E-state index contributed by atoms with van der Waals surface area (Å²) in [5, 5.41) is 9.57. The smallest absolute Gasteiger partial charge is 0.354 e. The molecule has 0 N–H and O–H groups in total. The molecule has 6 heteroatoms. The quantitative estimate of drug-likeness (QED) is 0.101. The van der Waals surface area contributed by atoms with Gasteiger partial charge in [-0.15, -0.1) is 0 Å². The summed E-state index contributed by atoms with van der Waals surface area (Å²) in [5.74, 6) is 0.529. The highest BCUT2D eigenvalue weighted by Crippen LogP contribution is 2.33. The molecular formula is C32H34N2O4. The molecule has 38 heavy (non-hydrogen) atoms. The van der Waals surface area contributed by atoms with Crippen LogP contribution in [0.5, 0.6) is 11.5 Å². The first-order valence-corrected chi connectivity index (χ1v) is 13.0. The minimum Gasteiger partial charge on any atom is -0.491 e. The van der Waals surface area contributed by atoms with Gasteiger partial charge in [-0.05, 0) is 73.0 Å². The van der Waals surface area contributed by atoms with Gasteiger partial charge in [0, 0.05) is 24.2 Å². The number of hydrogen-bond donors (Lipinski definition) is 0. The fourth-order valence-electron chi connectivity index (χ4n) is 4.26. The van der Waals surface area contributed by atoms with Crippen molar-refractivity contribution in [2.45, 2.75) is 39.2 Å². The van der Waals surface area contributed by atoms with Crippen molar-refractivity contribution in [3.63, 3.8) is 0 Å². The lowest BCUT2D eigenvalue weighted by molar-refractivity contribution is -0.129.